The Morgan fingerprint density at radius 1 is 1.33 bits per heavy atom. The first-order valence-corrected chi connectivity index (χ1v) is 8.16. The predicted octanol–water partition coefficient (Wildman–Crippen LogP) is 2.35. The summed E-state index contributed by atoms with van der Waals surface area (Å²) in [7, 11) is 3.05. The molecule has 0 atom stereocenters. The SMILES string of the molecule is COCCNC(=S)Nc1sc2c(c1C(=O)OC)CCCC2. The van der Waals surface area contributed by atoms with Crippen molar-refractivity contribution < 1.29 is 14.3 Å². The largest absolute Gasteiger partial charge is 0.465 e. The maximum Gasteiger partial charge on any atom is 0.341 e. The third-order valence-corrected chi connectivity index (χ3v) is 4.83. The Labute approximate surface area is 134 Å². The Kier molecular flexibility index (Phi) is 5.96. The van der Waals surface area contributed by atoms with Gasteiger partial charge in [-0.1, -0.05) is 0 Å². The van der Waals surface area contributed by atoms with Crippen LogP contribution in [0.1, 0.15) is 33.6 Å². The summed E-state index contributed by atoms with van der Waals surface area (Å²) in [5.74, 6) is -0.295. The van der Waals surface area contributed by atoms with Crippen molar-refractivity contribution in [2.24, 2.45) is 0 Å². The number of thiocarbonyl (C=S) groups is 1. The van der Waals surface area contributed by atoms with Gasteiger partial charge in [0.15, 0.2) is 5.11 Å². The van der Waals surface area contributed by atoms with Gasteiger partial charge < -0.3 is 20.1 Å². The highest BCUT2D eigenvalue weighted by atomic mass is 32.1. The van der Waals surface area contributed by atoms with E-state index in [2.05, 4.69) is 10.6 Å². The fraction of sp³-hybridized carbons (Fsp3) is 0.571. The van der Waals surface area contributed by atoms with Crippen LogP contribution in [0.5, 0.6) is 0 Å². The summed E-state index contributed by atoms with van der Waals surface area (Å²) < 4.78 is 9.89. The molecule has 1 aliphatic rings. The van der Waals surface area contributed by atoms with Gasteiger partial charge in [-0.2, -0.15) is 0 Å². The lowest BCUT2D eigenvalue weighted by atomic mass is 9.95. The van der Waals surface area contributed by atoms with E-state index >= 15 is 0 Å². The van der Waals surface area contributed by atoms with Crippen molar-refractivity contribution >= 4 is 39.6 Å². The van der Waals surface area contributed by atoms with Crippen LogP contribution < -0.4 is 10.6 Å². The van der Waals surface area contributed by atoms with Crippen LogP contribution in [0.3, 0.4) is 0 Å². The van der Waals surface area contributed by atoms with Crippen LogP contribution in [0.4, 0.5) is 5.00 Å². The van der Waals surface area contributed by atoms with E-state index in [1.165, 1.54) is 18.4 Å². The van der Waals surface area contributed by atoms with E-state index in [9.17, 15) is 4.79 Å². The lowest BCUT2D eigenvalue weighted by Gasteiger charge is -2.12. The van der Waals surface area contributed by atoms with Gasteiger partial charge in [-0.05, 0) is 43.5 Å². The summed E-state index contributed by atoms with van der Waals surface area (Å²) in [6.45, 7) is 1.20. The third-order valence-electron chi connectivity index (χ3n) is 3.38. The van der Waals surface area contributed by atoms with Gasteiger partial charge in [-0.15, -0.1) is 11.3 Å². The van der Waals surface area contributed by atoms with E-state index in [0.717, 1.165) is 29.8 Å². The van der Waals surface area contributed by atoms with E-state index < -0.39 is 0 Å². The fourth-order valence-corrected chi connectivity index (χ4v) is 3.94. The number of carbonyl (C=O) groups is 1. The highest BCUT2D eigenvalue weighted by Gasteiger charge is 2.26. The van der Waals surface area contributed by atoms with Crippen LogP contribution in [0.15, 0.2) is 0 Å². The van der Waals surface area contributed by atoms with E-state index in [-0.39, 0.29) is 5.97 Å². The summed E-state index contributed by atoms with van der Waals surface area (Å²) in [6.07, 6.45) is 4.24. The second-order valence-electron chi connectivity index (χ2n) is 4.78. The van der Waals surface area contributed by atoms with Crippen LogP contribution in [0.25, 0.3) is 0 Å². The van der Waals surface area contributed by atoms with Crippen LogP contribution in [-0.4, -0.2) is 38.5 Å². The molecule has 7 heteroatoms. The lowest BCUT2D eigenvalue weighted by Crippen LogP contribution is -2.31. The van der Waals surface area contributed by atoms with Crippen molar-refractivity contribution in [3.8, 4) is 0 Å². The smallest absolute Gasteiger partial charge is 0.341 e. The highest BCUT2D eigenvalue weighted by molar-refractivity contribution is 7.80. The fourth-order valence-electron chi connectivity index (χ4n) is 2.39. The van der Waals surface area contributed by atoms with Gasteiger partial charge in [0, 0.05) is 18.5 Å². The van der Waals surface area contributed by atoms with Crippen molar-refractivity contribution in [3.63, 3.8) is 0 Å². The number of thiophene rings is 1. The molecule has 1 aromatic heterocycles. The van der Waals surface area contributed by atoms with Crippen LogP contribution >= 0.6 is 23.6 Å². The van der Waals surface area contributed by atoms with Gasteiger partial charge in [0.05, 0.1) is 19.3 Å². The Bertz CT molecular complexity index is 529. The van der Waals surface area contributed by atoms with E-state index in [1.54, 1.807) is 18.4 Å². The minimum absolute atomic E-state index is 0.295. The number of hydrogen-bond acceptors (Lipinski definition) is 5. The molecule has 0 spiro atoms. The first-order chi connectivity index (χ1) is 10.2. The summed E-state index contributed by atoms with van der Waals surface area (Å²) in [5, 5.41) is 7.45. The number of methoxy groups -OCH3 is 2. The molecule has 0 bridgehead atoms. The third kappa shape index (κ3) is 3.93. The molecule has 1 aromatic rings. The topological polar surface area (TPSA) is 59.6 Å². The molecule has 0 fully saturated rings. The molecule has 0 aromatic carbocycles. The number of carbonyl (C=O) groups excluding carboxylic acids is 1. The monoisotopic (exact) mass is 328 g/mol. The van der Waals surface area contributed by atoms with E-state index in [4.69, 9.17) is 21.7 Å². The number of hydrogen-bond donors (Lipinski definition) is 2. The average molecular weight is 328 g/mol. The molecule has 2 rings (SSSR count). The molecule has 2 N–H and O–H groups in total. The molecular formula is C14H20N2O3S2. The minimum atomic E-state index is -0.295. The Morgan fingerprint density at radius 3 is 2.81 bits per heavy atom. The number of esters is 1. The van der Waals surface area contributed by atoms with Crippen molar-refractivity contribution in [3.05, 3.63) is 16.0 Å². The number of fused-ring (bicyclic) bond motifs is 1. The molecule has 0 amide bonds. The lowest BCUT2D eigenvalue weighted by molar-refractivity contribution is 0.0601. The van der Waals surface area contributed by atoms with Crippen LogP contribution in [0.2, 0.25) is 0 Å². The molecular weight excluding hydrogens is 308 g/mol. The summed E-state index contributed by atoms with van der Waals surface area (Å²) >= 11 is 6.85. The zero-order chi connectivity index (χ0) is 15.2. The number of anilines is 1. The van der Waals surface area contributed by atoms with Crippen LogP contribution in [-0.2, 0) is 22.3 Å². The molecule has 0 unspecified atom stereocenters. The van der Waals surface area contributed by atoms with Gasteiger partial charge >= 0.3 is 5.97 Å². The molecule has 0 saturated heterocycles. The number of rotatable bonds is 5. The molecule has 0 radical (unpaired) electrons. The number of ether oxygens (including phenoxy) is 2. The first-order valence-electron chi connectivity index (χ1n) is 6.94. The molecule has 0 saturated carbocycles. The highest BCUT2D eigenvalue weighted by Crippen LogP contribution is 2.38. The van der Waals surface area contributed by atoms with Crippen molar-refractivity contribution in [2.75, 3.05) is 32.7 Å². The normalized spacial score (nSPS) is 13.4. The standard InChI is InChI=1S/C14H20N2O3S2/c1-18-8-7-15-14(20)16-12-11(13(17)19-2)9-5-3-4-6-10(9)21-12/h3-8H2,1-2H3,(H2,15,16,20). The van der Waals surface area contributed by atoms with Crippen LogP contribution in [0, 0.1) is 0 Å². The molecule has 116 valence electrons. The molecule has 1 heterocycles. The second-order valence-corrected chi connectivity index (χ2v) is 6.29. The van der Waals surface area contributed by atoms with Crippen molar-refractivity contribution in [1.29, 1.82) is 0 Å². The molecule has 21 heavy (non-hydrogen) atoms. The Hall–Kier alpha value is -1.18. The van der Waals surface area contributed by atoms with Gasteiger partial charge in [0.2, 0.25) is 0 Å². The van der Waals surface area contributed by atoms with Gasteiger partial charge in [0.25, 0.3) is 0 Å². The average Bonchev–Trinajstić information content (AvgIpc) is 2.84. The molecule has 5 nitrogen and oxygen atoms in total. The Balaban J connectivity index is 2.16. The number of nitrogens with one attached hydrogen (secondary N) is 2. The van der Waals surface area contributed by atoms with E-state index in [0.29, 0.717) is 23.8 Å². The summed E-state index contributed by atoms with van der Waals surface area (Å²) in [6, 6.07) is 0. The van der Waals surface area contributed by atoms with Crippen molar-refractivity contribution in [1.82, 2.24) is 5.32 Å². The number of aryl methyl sites for hydroxylation is 1. The van der Waals surface area contributed by atoms with Gasteiger partial charge in [-0.25, -0.2) is 4.79 Å². The zero-order valence-corrected chi connectivity index (χ0v) is 13.9. The molecule has 0 aliphatic heterocycles. The first kappa shape index (κ1) is 16.2. The summed E-state index contributed by atoms with van der Waals surface area (Å²) in [5.41, 5.74) is 1.77. The van der Waals surface area contributed by atoms with Gasteiger partial charge in [-0.3, -0.25) is 0 Å². The maximum atomic E-state index is 12.1. The minimum Gasteiger partial charge on any atom is -0.465 e. The van der Waals surface area contributed by atoms with E-state index in [1.807, 2.05) is 0 Å². The zero-order valence-electron chi connectivity index (χ0n) is 12.3. The quantitative estimate of drug-likeness (QED) is 0.491. The maximum absolute atomic E-state index is 12.1. The second kappa shape index (κ2) is 7.72. The van der Waals surface area contributed by atoms with Gasteiger partial charge in [0.1, 0.15) is 5.00 Å². The predicted molar refractivity (Wildman–Crippen MR) is 88.4 cm³/mol. The molecule has 1 aliphatic carbocycles. The summed E-state index contributed by atoms with van der Waals surface area (Å²) in [4.78, 5) is 13.3. The van der Waals surface area contributed by atoms with Crippen molar-refractivity contribution in [2.45, 2.75) is 25.7 Å². The Morgan fingerprint density at radius 2 is 2.10 bits per heavy atom.